The van der Waals surface area contributed by atoms with Gasteiger partial charge in [0.1, 0.15) is 5.75 Å². The lowest BCUT2D eigenvalue weighted by Gasteiger charge is -2.04. The first-order chi connectivity index (χ1) is 6.27. The second-order valence-electron chi connectivity index (χ2n) is 2.49. The van der Waals surface area contributed by atoms with E-state index in [0.29, 0.717) is 6.61 Å². The highest BCUT2D eigenvalue weighted by atomic mass is 16.5. The first-order valence-corrected chi connectivity index (χ1v) is 4.13. The van der Waals surface area contributed by atoms with Crippen LogP contribution < -0.4 is 4.74 Å². The van der Waals surface area contributed by atoms with E-state index >= 15 is 0 Å². The fourth-order valence-corrected chi connectivity index (χ4v) is 0.987. The highest BCUT2D eigenvalue weighted by molar-refractivity contribution is 5.91. The molecule has 70 valence electrons. The van der Waals surface area contributed by atoms with Crippen LogP contribution in [0, 0.1) is 5.41 Å². The summed E-state index contributed by atoms with van der Waals surface area (Å²) in [5.74, 6) is 0.984. The molecule has 1 rings (SSSR count). The Morgan fingerprint density at radius 3 is 2.38 bits per heavy atom. The monoisotopic (exact) mass is 179 g/mol. The van der Waals surface area contributed by atoms with Crippen molar-refractivity contribution in [1.29, 1.82) is 5.41 Å². The molecular weight excluding hydrogens is 166 g/mol. The Hall–Kier alpha value is -1.51. The molecule has 0 unspecified atom stereocenters. The van der Waals surface area contributed by atoms with Crippen LogP contribution in [0.3, 0.4) is 0 Å². The van der Waals surface area contributed by atoms with Crippen molar-refractivity contribution in [3.8, 4) is 5.75 Å². The average molecular weight is 179 g/mol. The van der Waals surface area contributed by atoms with Gasteiger partial charge in [-0.25, -0.2) is 0 Å². The molecule has 0 saturated carbocycles. The second kappa shape index (κ2) is 4.50. The molecule has 3 nitrogen and oxygen atoms in total. The summed E-state index contributed by atoms with van der Waals surface area (Å²) < 4.78 is 10.0. The molecule has 0 saturated heterocycles. The fraction of sp³-hybridized carbons (Fsp3) is 0.300. The molecule has 0 heterocycles. The third-order valence-corrected chi connectivity index (χ3v) is 1.63. The molecular formula is C10H13NO2. The third-order valence-electron chi connectivity index (χ3n) is 1.63. The molecule has 0 aliphatic rings. The van der Waals surface area contributed by atoms with Gasteiger partial charge in [-0.05, 0) is 31.2 Å². The predicted molar refractivity (Wildman–Crippen MR) is 51.4 cm³/mol. The van der Waals surface area contributed by atoms with Crippen LogP contribution >= 0.6 is 0 Å². The molecule has 0 amide bonds. The maximum Gasteiger partial charge on any atom is 0.212 e. The summed E-state index contributed by atoms with van der Waals surface area (Å²) in [4.78, 5) is 0. The quantitative estimate of drug-likeness (QED) is 0.570. The Morgan fingerprint density at radius 1 is 1.31 bits per heavy atom. The minimum atomic E-state index is 0.169. The van der Waals surface area contributed by atoms with E-state index in [2.05, 4.69) is 0 Å². The summed E-state index contributed by atoms with van der Waals surface area (Å²) in [6, 6.07) is 7.26. The van der Waals surface area contributed by atoms with Gasteiger partial charge in [-0.15, -0.1) is 0 Å². The van der Waals surface area contributed by atoms with Gasteiger partial charge in [0.2, 0.25) is 5.90 Å². The Balaban J connectivity index is 2.75. The van der Waals surface area contributed by atoms with Gasteiger partial charge in [0.05, 0.1) is 13.7 Å². The third kappa shape index (κ3) is 2.47. The summed E-state index contributed by atoms with van der Waals surface area (Å²) in [5.41, 5.74) is 0.756. The Labute approximate surface area is 77.8 Å². The first-order valence-electron chi connectivity index (χ1n) is 4.13. The number of hydrogen-bond acceptors (Lipinski definition) is 3. The van der Waals surface area contributed by atoms with Crippen LogP contribution in [0.25, 0.3) is 0 Å². The maximum absolute atomic E-state index is 7.39. The number of methoxy groups -OCH3 is 1. The van der Waals surface area contributed by atoms with Gasteiger partial charge in [-0.2, -0.15) is 0 Å². The molecule has 3 heteroatoms. The van der Waals surface area contributed by atoms with Crippen LogP contribution in [0.1, 0.15) is 12.5 Å². The van der Waals surface area contributed by atoms with E-state index in [0.717, 1.165) is 11.3 Å². The van der Waals surface area contributed by atoms with Gasteiger partial charge in [0.25, 0.3) is 0 Å². The van der Waals surface area contributed by atoms with Gasteiger partial charge in [-0.1, -0.05) is 0 Å². The Morgan fingerprint density at radius 2 is 1.92 bits per heavy atom. The van der Waals surface area contributed by atoms with E-state index in [1.165, 1.54) is 7.11 Å². The number of benzene rings is 1. The van der Waals surface area contributed by atoms with E-state index in [1.807, 2.05) is 19.1 Å². The number of nitrogens with one attached hydrogen (secondary N) is 1. The first kappa shape index (κ1) is 9.58. The van der Waals surface area contributed by atoms with Crippen molar-refractivity contribution in [1.82, 2.24) is 0 Å². The molecule has 0 aliphatic heterocycles. The molecule has 1 aromatic carbocycles. The summed E-state index contributed by atoms with van der Waals surface area (Å²) in [6.07, 6.45) is 0. The summed E-state index contributed by atoms with van der Waals surface area (Å²) in [6.45, 7) is 2.59. The average Bonchev–Trinajstić information content (AvgIpc) is 2.18. The summed E-state index contributed by atoms with van der Waals surface area (Å²) in [7, 11) is 1.48. The van der Waals surface area contributed by atoms with Crippen LogP contribution in [-0.4, -0.2) is 19.6 Å². The molecule has 13 heavy (non-hydrogen) atoms. The van der Waals surface area contributed by atoms with Crippen LogP contribution in [0.2, 0.25) is 0 Å². The Kier molecular flexibility index (Phi) is 3.31. The lowest BCUT2D eigenvalue weighted by molar-refractivity contribution is 0.340. The SMILES string of the molecule is CCOc1ccc(C(=N)OC)cc1. The lowest BCUT2D eigenvalue weighted by atomic mass is 10.2. The van der Waals surface area contributed by atoms with E-state index in [9.17, 15) is 0 Å². The van der Waals surface area contributed by atoms with Crippen LogP contribution in [-0.2, 0) is 4.74 Å². The number of ether oxygens (including phenoxy) is 2. The van der Waals surface area contributed by atoms with Crippen molar-refractivity contribution >= 4 is 5.90 Å². The zero-order valence-electron chi connectivity index (χ0n) is 7.83. The lowest BCUT2D eigenvalue weighted by Crippen LogP contribution is -2.00. The van der Waals surface area contributed by atoms with Crippen molar-refractivity contribution in [2.24, 2.45) is 0 Å². The molecule has 0 aromatic heterocycles. The van der Waals surface area contributed by atoms with Crippen molar-refractivity contribution in [2.75, 3.05) is 13.7 Å². The van der Waals surface area contributed by atoms with Crippen molar-refractivity contribution in [3.05, 3.63) is 29.8 Å². The Bertz CT molecular complexity index is 279. The van der Waals surface area contributed by atoms with Crippen molar-refractivity contribution < 1.29 is 9.47 Å². The van der Waals surface area contributed by atoms with Gasteiger partial charge >= 0.3 is 0 Å². The normalized spacial score (nSPS) is 9.38. The molecule has 0 aliphatic carbocycles. The van der Waals surface area contributed by atoms with Gasteiger partial charge in [0, 0.05) is 5.56 Å². The largest absolute Gasteiger partial charge is 0.494 e. The molecule has 0 spiro atoms. The fourth-order valence-electron chi connectivity index (χ4n) is 0.987. The summed E-state index contributed by atoms with van der Waals surface area (Å²) >= 11 is 0. The number of hydrogen-bond donors (Lipinski definition) is 1. The van der Waals surface area contributed by atoms with E-state index in [1.54, 1.807) is 12.1 Å². The summed E-state index contributed by atoms with van der Waals surface area (Å²) in [5, 5.41) is 7.39. The molecule has 0 radical (unpaired) electrons. The zero-order chi connectivity index (χ0) is 9.68. The smallest absolute Gasteiger partial charge is 0.212 e. The van der Waals surface area contributed by atoms with E-state index in [4.69, 9.17) is 14.9 Å². The van der Waals surface area contributed by atoms with Gasteiger partial charge in [-0.3, -0.25) is 5.41 Å². The zero-order valence-corrected chi connectivity index (χ0v) is 7.83. The molecule has 0 bridgehead atoms. The minimum Gasteiger partial charge on any atom is -0.494 e. The minimum absolute atomic E-state index is 0.169. The van der Waals surface area contributed by atoms with E-state index in [-0.39, 0.29) is 5.90 Å². The van der Waals surface area contributed by atoms with Crippen LogP contribution in [0.4, 0.5) is 0 Å². The van der Waals surface area contributed by atoms with Crippen LogP contribution in [0.15, 0.2) is 24.3 Å². The van der Waals surface area contributed by atoms with Crippen molar-refractivity contribution in [2.45, 2.75) is 6.92 Å². The molecule has 1 aromatic rings. The van der Waals surface area contributed by atoms with Gasteiger partial charge in [0.15, 0.2) is 0 Å². The standard InChI is InChI=1S/C10H13NO2/c1-3-13-9-6-4-8(5-7-9)10(11)12-2/h4-7,11H,3H2,1-2H3. The maximum atomic E-state index is 7.39. The van der Waals surface area contributed by atoms with Crippen molar-refractivity contribution in [3.63, 3.8) is 0 Å². The molecule has 0 atom stereocenters. The second-order valence-corrected chi connectivity index (χ2v) is 2.49. The number of rotatable bonds is 3. The van der Waals surface area contributed by atoms with E-state index < -0.39 is 0 Å². The molecule has 0 fully saturated rings. The highest BCUT2D eigenvalue weighted by Crippen LogP contribution is 2.12. The molecule has 1 N–H and O–H groups in total. The van der Waals surface area contributed by atoms with Crippen LogP contribution in [0.5, 0.6) is 5.75 Å². The van der Waals surface area contributed by atoms with Gasteiger partial charge < -0.3 is 9.47 Å². The predicted octanol–water partition coefficient (Wildman–Crippen LogP) is 2.06. The highest BCUT2D eigenvalue weighted by Gasteiger charge is 1.99. The topological polar surface area (TPSA) is 42.3 Å².